The van der Waals surface area contributed by atoms with Gasteiger partial charge in [-0.05, 0) is 68.3 Å². The summed E-state index contributed by atoms with van der Waals surface area (Å²) in [6, 6.07) is 15.7. The number of hydrogen-bond acceptors (Lipinski definition) is 2. The van der Waals surface area contributed by atoms with Gasteiger partial charge in [-0.25, -0.2) is 9.07 Å². The summed E-state index contributed by atoms with van der Waals surface area (Å²) in [6.07, 6.45) is 0.663. The highest BCUT2D eigenvalue weighted by Gasteiger charge is 2.07. The van der Waals surface area contributed by atoms with Crippen molar-refractivity contribution in [2.45, 2.75) is 20.3 Å². The van der Waals surface area contributed by atoms with E-state index in [2.05, 4.69) is 10.4 Å². The fourth-order valence-electron chi connectivity index (χ4n) is 2.72. The lowest BCUT2D eigenvalue weighted by molar-refractivity contribution is 0.0954. The summed E-state index contributed by atoms with van der Waals surface area (Å²) in [4.78, 5) is 12.2. The maximum Gasteiger partial charge on any atom is 0.251 e. The van der Waals surface area contributed by atoms with Gasteiger partial charge in [-0.3, -0.25) is 4.79 Å². The van der Waals surface area contributed by atoms with Crippen molar-refractivity contribution < 1.29 is 9.18 Å². The van der Waals surface area contributed by atoms with E-state index in [0.717, 1.165) is 22.6 Å². The number of aryl methyl sites for hydroxylation is 2. The van der Waals surface area contributed by atoms with Crippen LogP contribution in [0.5, 0.6) is 0 Å². The zero-order valence-electron chi connectivity index (χ0n) is 14.3. The van der Waals surface area contributed by atoms with Crippen LogP contribution in [-0.2, 0) is 6.42 Å². The number of carbonyl (C=O) groups is 1. The summed E-state index contributed by atoms with van der Waals surface area (Å²) in [7, 11) is 0. The molecule has 0 fully saturated rings. The normalized spacial score (nSPS) is 10.7. The Morgan fingerprint density at radius 1 is 1.08 bits per heavy atom. The van der Waals surface area contributed by atoms with Crippen molar-refractivity contribution in [1.29, 1.82) is 0 Å². The van der Waals surface area contributed by atoms with Crippen molar-refractivity contribution in [3.8, 4) is 5.69 Å². The molecule has 25 heavy (non-hydrogen) atoms. The van der Waals surface area contributed by atoms with Crippen molar-refractivity contribution >= 4 is 5.91 Å². The minimum atomic E-state index is -0.254. The SMILES string of the molecule is Cc1cc(C)n(-c2ccc(C(=O)NCCc3ccc(F)cc3)cc2)n1. The second kappa shape index (κ2) is 7.30. The average molecular weight is 337 g/mol. The van der Waals surface area contributed by atoms with Crippen LogP contribution < -0.4 is 5.32 Å². The molecule has 0 aliphatic rings. The van der Waals surface area contributed by atoms with Crippen LogP contribution in [0.15, 0.2) is 54.6 Å². The zero-order chi connectivity index (χ0) is 17.8. The summed E-state index contributed by atoms with van der Waals surface area (Å²) >= 11 is 0. The van der Waals surface area contributed by atoms with Gasteiger partial charge in [0.25, 0.3) is 5.91 Å². The highest BCUT2D eigenvalue weighted by molar-refractivity contribution is 5.94. The minimum Gasteiger partial charge on any atom is -0.352 e. The van der Waals surface area contributed by atoms with Crippen molar-refractivity contribution in [1.82, 2.24) is 15.1 Å². The second-order valence-electron chi connectivity index (χ2n) is 6.02. The van der Waals surface area contributed by atoms with Crippen molar-refractivity contribution in [3.63, 3.8) is 0 Å². The third-order valence-electron chi connectivity index (χ3n) is 4.00. The first-order valence-electron chi connectivity index (χ1n) is 8.19. The third-order valence-corrected chi connectivity index (χ3v) is 4.00. The molecule has 1 N–H and O–H groups in total. The van der Waals surface area contributed by atoms with Crippen molar-refractivity contribution in [2.24, 2.45) is 0 Å². The first-order valence-corrected chi connectivity index (χ1v) is 8.19. The number of amides is 1. The van der Waals surface area contributed by atoms with Gasteiger partial charge in [-0.15, -0.1) is 0 Å². The molecule has 0 spiro atoms. The molecular weight excluding hydrogens is 317 g/mol. The molecule has 0 saturated heterocycles. The number of carbonyl (C=O) groups excluding carboxylic acids is 1. The van der Waals surface area contributed by atoms with E-state index in [9.17, 15) is 9.18 Å². The number of halogens is 1. The fourth-order valence-corrected chi connectivity index (χ4v) is 2.72. The molecule has 0 atom stereocenters. The molecule has 1 aromatic heterocycles. The molecular formula is C20H20FN3O. The standard InChI is InChI=1S/C20H20FN3O/c1-14-13-15(2)24(23-14)19-9-5-17(6-10-19)20(25)22-12-11-16-3-7-18(21)8-4-16/h3-10,13H,11-12H2,1-2H3,(H,22,25). The zero-order valence-corrected chi connectivity index (χ0v) is 14.3. The van der Waals surface area contributed by atoms with E-state index in [1.807, 2.05) is 36.7 Å². The van der Waals surface area contributed by atoms with Gasteiger partial charge in [-0.2, -0.15) is 5.10 Å². The Balaban J connectivity index is 1.59. The monoisotopic (exact) mass is 337 g/mol. The minimum absolute atomic E-state index is 0.123. The molecule has 2 aromatic carbocycles. The second-order valence-corrected chi connectivity index (χ2v) is 6.02. The van der Waals surface area contributed by atoms with Gasteiger partial charge in [0.15, 0.2) is 0 Å². The van der Waals surface area contributed by atoms with Crippen LogP contribution in [0.3, 0.4) is 0 Å². The van der Waals surface area contributed by atoms with Gasteiger partial charge in [0.1, 0.15) is 5.82 Å². The number of nitrogens with one attached hydrogen (secondary N) is 1. The first-order chi connectivity index (χ1) is 12.0. The molecule has 0 unspecified atom stereocenters. The van der Waals surface area contributed by atoms with Crippen molar-refractivity contribution in [2.75, 3.05) is 6.54 Å². The summed E-state index contributed by atoms with van der Waals surface area (Å²) in [5.74, 6) is -0.377. The molecule has 0 aliphatic heterocycles. The fraction of sp³-hybridized carbons (Fsp3) is 0.200. The molecule has 128 valence electrons. The molecule has 0 aliphatic carbocycles. The van der Waals surface area contributed by atoms with Gasteiger partial charge < -0.3 is 5.32 Å². The Labute approximate surface area is 146 Å². The topological polar surface area (TPSA) is 46.9 Å². The predicted molar refractivity (Wildman–Crippen MR) is 95.5 cm³/mol. The lowest BCUT2D eigenvalue weighted by atomic mass is 10.1. The van der Waals surface area contributed by atoms with E-state index in [1.54, 1.807) is 24.3 Å². The highest BCUT2D eigenvalue weighted by Crippen LogP contribution is 2.13. The maximum atomic E-state index is 12.9. The first kappa shape index (κ1) is 16.9. The quantitative estimate of drug-likeness (QED) is 0.773. The van der Waals surface area contributed by atoms with E-state index in [0.29, 0.717) is 18.5 Å². The number of benzene rings is 2. The van der Waals surface area contributed by atoms with Gasteiger partial charge in [0.05, 0.1) is 11.4 Å². The Hall–Kier alpha value is -2.95. The molecule has 0 bridgehead atoms. The Morgan fingerprint density at radius 2 is 1.76 bits per heavy atom. The largest absolute Gasteiger partial charge is 0.352 e. The molecule has 0 radical (unpaired) electrons. The third kappa shape index (κ3) is 4.12. The molecule has 4 nitrogen and oxygen atoms in total. The van der Waals surface area contributed by atoms with Crippen LogP contribution in [0.4, 0.5) is 4.39 Å². The summed E-state index contributed by atoms with van der Waals surface area (Å²) in [6.45, 7) is 4.45. The predicted octanol–water partition coefficient (Wildman–Crippen LogP) is 3.60. The Bertz CT molecular complexity index is 867. The van der Waals surface area contributed by atoms with Crippen LogP contribution >= 0.6 is 0 Å². The lowest BCUT2D eigenvalue weighted by Crippen LogP contribution is -2.25. The van der Waals surface area contributed by atoms with Gasteiger partial charge >= 0.3 is 0 Å². The van der Waals surface area contributed by atoms with Crippen LogP contribution in [0, 0.1) is 19.7 Å². The van der Waals surface area contributed by atoms with Crippen LogP contribution in [0.2, 0.25) is 0 Å². The Morgan fingerprint density at radius 3 is 2.36 bits per heavy atom. The molecule has 0 saturated carbocycles. The summed E-state index contributed by atoms with van der Waals surface area (Å²) in [5, 5.41) is 7.32. The van der Waals surface area contributed by atoms with Crippen LogP contribution in [-0.4, -0.2) is 22.2 Å². The van der Waals surface area contributed by atoms with Crippen LogP contribution in [0.25, 0.3) is 5.69 Å². The van der Waals surface area contributed by atoms with Gasteiger partial charge in [0.2, 0.25) is 0 Å². The van der Waals surface area contributed by atoms with E-state index in [1.165, 1.54) is 12.1 Å². The van der Waals surface area contributed by atoms with E-state index >= 15 is 0 Å². The molecule has 5 heteroatoms. The summed E-state index contributed by atoms with van der Waals surface area (Å²) in [5.41, 5.74) is 4.52. The number of rotatable bonds is 5. The number of hydrogen-bond donors (Lipinski definition) is 1. The molecule has 3 rings (SSSR count). The number of aromatic nitrogens is 2. The average Bonchev–Trinajstić information content (AvgIpc) is 2.95. The highest BCUT2D eigenvalue weighted by atomic mass is 19.1. The number of nitrogens with zero attached hydrogens (tertiary/aromatic N) is 2. The Kier molecular flexibility index (Phi) is 4.93. The summed E-state index contributed by atoms with van der Waals surface area (Å²) < 4.78 is 14.7. The van der Waals surface area contributed by atoms with E-state index in [4.69, 9.17) is 0 Å². The lowest BCUT2D eigenvalue weighted by Gasteiger charge is -2.08. The molecule has 1 heterocycles. The maximum absolute atomic E-state index is 12.9. The van der Waals surface area contributed by atoms with E-state index in [-0.39, 0.29) is 11.7 Å². The smallest absolute Gasteiger partial charge is 0.251 e. The molecule has 3 aromatic rings. The molecule has 1 amide bonds. The van der Waals surface area contributed by atoms with Gasteiger partial charge in [-0.1, -0.05) is 12.1 Å². The van der Waals surface area contributed by atoms with Crippen LogP contribution in [0.1, 0.15) is 27.3 Å². The van der Waals surface area contributed by atoms with Gasteiger partial charge in [0, 0.05) is 17.8 Å². The van der Waals surface area contributed by atoms with Crippen molar-refractivity contribution in [3.05, 3.63) is 82.9 Å². The van der Waals surface area contributed by atoms with E-state index < -0.39 is 0 Å².